The average Bonchev–Trinajstić information content (AvgIpc) is 3.09. The predicted octanol–water partition coefficient (Wildman–Crippen LogP) is 3.83. The molecule has 2 saturated heterocycles. The van der Waals surface area contributed by atoms with Crippen LogP contribution < -0.4 is 0 Å². The van der Waals surface area contributed by atoms with Crippen LogP contribution in [0.2, 0.25) is 0 Å². The zero-order valence-electron chi connectivity index (χ0n) is 19.2. The van der Waals surface area contributed by atoms with Gasteiger partial charge in [0.1, 0.15) is 17.8 Å². The fraction of sp³-hybridized carbons (Fsp3) is 0.583. The Labute approximate surface area is 183 Å². The number of carbonyl (C=O) groups is 2. The fourth-order valence-electron chi connectivity index (χ4n) is 4.84. The molecule has 168 valence electrons. The third kappa shape index (κ3) is 3.85. The summed E-state index contributed by atoms with van der Waals surface area (Å²) in [5.41, 5.74) is 2.69. The van der Waals surface area contributed by atoms with Crippen LogP contribution in [-0.4, -0.2) is 59.8 Å². The smallest absolute Gasteiger partial charge is 0.411 e. The van der Waals surface area contributed by atoms with Crippen LogP contribution >= 0.6 is 0 Å². The van der Waals surface area contributed by atoms with E-state index in [-0.39, 0.29) is 12.1 Å². The van der Waals surface area contributed by atoms with Gasteiger partial charge in [-0.15, -0.1) is 0 Å². The molecule has 2 bridgehead atoms. The van der Waals surface area contributed by atoms with Gasteiger partial charge in [-0.25, -0.2) is 9.59 Å². The van der Waals surface area contributed by atoms with E-state index in [2.05, 4.69) is 0 Å². The second-order valence-electron chi connectivity index (χ2n) is 9.92. The SMILES string of the molecule is COC(=O)C1=C(c2ccc(C)cc2)C[C@@H]2[C@H]3OC(C)(C)O[C@H]3[C@H]1N2C(=O)OC(C)(C)C. The minimum absolute atomic E-state index is 0.309. The summed E-state index contributed by atoms with van der Waals surface area (Å²) in [5.74, 6) is -1.27. The summed E-state index contributed by atoms with van der Waals surface area (Å²) in [5, 5.41) is 0. The first-order valence-electron chi connectivity index (χ1n) is 10.7. The first kappa shape index (κ1) is 21.8. The van der Waals surface area contributed by atoms with Gasteiger partial charge in [-0.2, -0.15) is 0 Å². The van der Waals surface area contributed by atoms with E-state index in [0.29, 0.717) is 12.0 Å². The van der Waals surface area contributed by atoms with Crippen LogP contribution in [0.15, 0.2) is 29.8 Å². The molecule has 3 aliphatic heterocycles. The fourth-order valence-corrected chi connectivity index (χ4v) is 4.84. The standard InChI is InChI=1S/C24H31NO6/c1-13-8-10-14(11-9-13)15-12-16-19-20(30-24(5,6)29-19)18(17(15)21(26)28-7)25(16)22(27)31-23(2,3)4/h8-11,16,18-20H,12H2,1-7H3/t16-,18+,19-,20+/m1/s1. The quantitative estimate of drug-likeness (QED) is 0.665. The van der Waals surface area contributed by atoms with Crippen molar-refractivity contribution in [3.05, 3.63) is 41.0 Å². The van der Waals surface area contributed by atoms with Crippen LogP contribution in [0.25, 0.3) is 5.57 Å². The number of amides is 1. The van der Waals surface area contributed by atoms with E-state index in [4.69, 9.17) is 18.9 Å². The number of methoxy groups -OCH3 is 1. The molecule has 7 nitrogen and oxygen atoms in total. The Morgan fingerprint density at radius 1 is 1.10 bits per heavy atom. The van der Waals surface area contributed by atoms with Gasteiger partial charge in [0.25, 0.3) is 0 Å². The lowest BCUT2D eigenvalue weighted by molar-refractivity contribution is -0.166. The Bertz CT molecular complexity index is 926. The number of benzene rings is 1. The topological polar surface area (TPSA) is 74.3 Å². The van der Waals surface area contributed by atoms with Crippen LogP contribution in [0.4, 0.5) is 4.79 Å². The molecular formula is C24H31NO6. The van der Waals surface area contributed by atoms with Gasteiger partial charge in [0, 0.05) is 0 Å². The molecule has 3 heterocycles. The summed E-state index contributed by atoms with van der Waals surface area (Å²) in [6.45, 7) is 11.2. The predicted molar refractivity (Wildman–Crippen MR) is 114 cm³/mol. The van der Waals surface area contributed by atoms with E-state index in [1.807, 2.05) is 65.8 Å². The van der Waals surface area contributed by atoms with Crippen molar-refractivity contribution in [3.63, 3.8) is 0 Å². The van der Waals surface area contributed by atoms with Crippen molar-refractivity contribution < 1.29 is 28.5 Å². The second-order valence-corrected chi connectivity index (χ2v) is 9.92. The van der Waals surface area contributed by atoms with Crippen molar-refractivity contribution in [2.24, 2.45) is 0 Å². The minimum Gasteiger partial charge on any atom is -0.466 e. The maximum atomic E-state index is 13.2. The molecule has 0 saturated carbocycles. The molecule has 1 aromatic rings. The van der Waals surface area contributed by atoms with Crippen LogP contribution in [-0.2, 0) is 23.7 Å². The van der Waals surface area contributed by atoms with Crippen LogP contribution in [0, 0.1) is 6.92 Å². The first-order chi connectivity index (χ1) is 14.4. The monoisotopic (exact) mass is 429 g/mol. The molecule has 4 rings (SSSR count). The Balaban J connectivity index is 1.85. The van der Waals surface area contributed by atoms with Gasteiger partial charge >= 0.3 is 12.1 Å². The third-order valence-corrected chi connectivity index (χ3v) is 5.95. The Kier molecular flexibility index (Phi) is 5.17. The highest BCUT2D eigenvalue weighted by Crippen LogP contribution is 2.50. The van der Waals surface area contributed by atoms with Gasteiger partial charge in [-0.1, -0.05) is 29.8 Å². The second kappa shape index (κ2) is 7.35. The molecule has 0 unspecified atom stereocenters. The van der Waals surface area contributed by atoms with Crippen molar-refractivity contribution >= 4 is 17.6 Å². The number of aryl methyl sites for hydroxylation is 1. The lowest BCUT2D eigenvalue weighted by Gasteiger charge is -2.40. The molecule has 0 N–H and O–H groups in total. The normalized spacial score (nSPS) is 29.1. The van der Waals surface area contributed by atoms with E-state index in [0.717, 1.165) is 16.7 Å². The van der Waals surface area contributed by atoms with Crippen molar-refractivity contribution in [3.8, 4) is 0 Å². The summed E-state index contributed by atoms with van der Waals surface area (Å²) in [4.78, 5) is 27.9. The van der Waals surface area contributed by atoms with Crippen LogP contribution in [0.1, 0.15) is 52.2 Å². The van der Waals surface area contributed by atoms with Crippen LogP contribution in [0.3, 0.4) is 0 Å². The molecule has 31 heavy (non-hydrogen) atoms. The van der Waals surface area contributed by atoms with Gasteiger partial charge in [-0.05, 0) is 59.1 Å². The summed E-state index contributed by atoms with van der Waals surface area (Å²) in [6.07, 6.45) is -0.880. The van der Waals surface area contributed by atoms with E-state index in [1.165, 1.54) is 7.11 Å². The van der Waals surface area contributed by atoms with E-state index in [1.54, 1.807) is 4.90 Å². The molecule has 3 aliphatic rings. The Morgan fingerprint density at radius 3 is 2.29 bits per heavy atom. The molecule has 0 spiro atoms. The highest BCUT2D eigenvalue weighted by atomic mass is 16.8. The molecule has 0 aromatic heterocycles. The number of carbonyl (C=O) groups excluding carboxylic acids is 2. The molecule has 1 amide bonds. The molecule has 0 radical (unpaired) electrons. The molecule has 7 heteroatoms. The number of nitrogens with zero attached hydrogens (tertiary/aromatic N) is 1. The largest absolute Gasteiger partial charge is 0.466 e. The number of fused-ring (bicyclic) bond motifs is 5. The summed E-state index contributed by atoms with van der Waals surface area (Å²) in [7, 11) is 1.36. The number of hydrogen-bond acceptors (Lipinski definition) is 6. The Hall–Kier alpha value is -2.38. The van der Waals surface area contributed by atoms with E-state index < -0.39 is 35.6 Å². The van der Waals surface area contributed by atoms with Gasteiger partial charge in [-0.3, -0.25) is 4.90 Å². The number of ether oxygens (including phenoxy) is 4. The van der Waals surface area contributed by atoms with Crippen molar-refractivity contribution in [1.29, 1.82) is 0 Å². The number of esters is 1. The third-order valence-electron chi connectivity index (χ3n) is 5.95. The number of hydrogen-bond donors (Lipinski definition) is 0. The van der Waals surface area contributed by atoms with E-state index in [9.17, 15) is 9.59 Å². The first-order valence-corrected chi connectivity index (χ1v) is 10.7. The summed E-state index contributed by atoms with van der Waals surface area (Å²) in [6, 6.07) is 7.06. The molecule has 2 fully saturated rings. The van der Waals surface area contributed by atoms with Crippen molar-refractivity contribution in [1.82, 2.24) is 4.90 Å². The lowest BCUT2D eigenvalue weighted by Crippen LogP contribution is -2.52. The maximum Gasteiger partial charge on any atom is 0.411 e. The van der Waals surface area contributed by atoms with E-state index >= 15 is 0 Å². The lowest BCUT2D eigenvalue weighted by atomic mass is 9.88. The highest BCUT2D eigenvalue weighted by Gasteiger charge is 2.64. The Morgan fingerprint density at radius 2 is 1.71 bits per heavy atom. The molecule has 4 atom stereocenters. The van der Waals surface area contributed by atoms with Crippen LogP contribution in [0.5, 0.6) is 0 Å². The van der Waals surface area contributed by atoms with Gasteiger partial charge in [0.2, 0.25) is 0 Å². The van der Waals surface area contributed by atoms with Crippen molar-refractivity contribution in [2.75, 3.05) is 7.11 Å². The zero-order valence-corrected chi connectivity index (χ0v) is 19.2. The maximum absolute atomic E-state index is 13.2. The van der Waals surface area contributed by atoms with Crippen molar-refractivity contribution in [2.45, 2.75) is 83.6 Å². The highest BCUT2D eigenvalue weighted by molar-refractivity contribution is 6.01. The number of rotatable bonds is 2. The average molecular weight is 430 g/mol. The van der Waals surface area contributed by atoms with Gasteiger partial charge < -0.3 is 18.9 Å². The summed E-state index contributed by atoms with van der Waals surface area (Å²) >= 11 is 0. The minimum atomic E-state index is -0.797. The molecule has 0 aliphatic carbocycles. The summed E-state index contributed by atoms with van der Waals surface area (Å²) < 4.78 is 23.3. The molecular weight excluding hydrogens is 398 g/mol. The molecule has 1 aromatic carbocycles. The van der Waals surface area contributed by atoms with Gasteiger partial charge in [0.15, 0.2) is 5.79 Å². The zero-order chi connectivity index (χ0) is 22.7. The van der Waals surface area contributed by atoms with Gasteiger partial charge in [0.05, 0.1) is 24.8 Å².